The van der Waals surface area contributed by atoms with E-state index in [9.17, 15) is 10.1 Å². The van der Waals surface area contributed by atoms with E-state index in [0.29, 0.717) is 17.4 Å². The van der Waals surface area contributed by atoms with Gasteiger partial charge >= 0.3 is 272 Å². The van der Waals surface area contributed by atoms with Gasteiger partial charge in [0.05, 0.1) is 0 Å². The van der Waals surface area contributed by atoms with E-state index in [1.165, 1.54) is 71.6 Å². The van der Waals surface area contributed by atoms with Crippen molar-refractivity contribution < 1.29 is 4.92 Å². The van der Waals surface area contributed by atoms with Gasteiger partial charge in [-0.25, -0.2) is 0 Å². The van der Waals surface area contributed by atoms with Gasteiger partial charge in [0.2, 0.25) is 0 Å². The van der Waals surface area contributed by atoms with Crippen molar-refractivity contribution in [1.29, 1.82) is 0 Å². The number of thiophene rings is 2. The number of hydrogen-bond acceptors (Lipinski definition) is 6. The summed E-state index contributed by atoms with van der Waals surface area (Å²) in [6, 6.07) is 6.84. The Morgan fingerprint density at radius 1 is 0.725 bits per heavy atom. The second kappa shape index (κ2) is 15.9. The molecule has 0 N–H and O–H groups in total. The normalized spacial score (nSPS) is 17.5. The van der Waals surface area contributed by atoms with Crippen LogP contribution in [0.4, 0.5) is 5.69 Å². The van der Waals surface area contributed by atoms with Gasteiger partial charge in [-0.2, -0.15) is 0 Å². The minimum atomic E-state index is -0.413. The van der Waals surface area contributed by atoms with Crippen LogP contribution >= 0.6 is 22.7 Å². The van der Waals surface area contributed by atoms with Crippen molar-refractivity contribution >= 4 is 54.4 Å². The monoisotopic (exact) mass is 797 g/mol. The molecule has 0 radical (unpaired) electrons. The van der Waals surface area contributed by atoms with E-state index in [2.05, 4.69) is 74.4 Å². The summed E-state index contributed by atoms with van der Waals surface area (Å²) in [6.45, 7) is 27.5. The fourth-order valence-electron chi connectivity index (χ4n) is 8.16. The van der Waals surface area contributed by atoms with Gasteiger partial charge in [0.25, 0.3) is 0 Å². The summed E-state index contributed by atoms with van der Waals surface area (Å²) in [7, 11) is 0. The maximum absolute atomic E-state index is 12.6. The third kappa shape index (κ3) is 8.76. The molecular weight excluding hydrogens is 734 g/mol. The summed E-state index contributed by atoms with van der Waals surface area (Å²) in [5, 5.41) is 12.6. The van der Waals surface area contributed by atoms with Crippen molar-refractivity contribution in [3.05, 3.63) is 49.9 Å². The van der Waals surface area contributed by atoms with Crippen LogP contribution < -0.4 is 0 Å². The van der Waals surface area contributed by atoms with Crippen molar-refractivity contribution in [1.82, 2.24) is 7.96 Å². The van der Waals surface area contributed by atoms with Gasteiger partial charge in [-0.1, -0.05) is 40.5 Å². The second-order valence-corrected chi connectivity index (χ2v) is 22.0. The molecule has 8 heteroatoms. The number of aromatic nitrogens is 2. The predicted octanol–water partition coefficient (Wildman–Crippen LogP) is 13.7. The molecular formula is C43H63N3O2S2Se. The molecule has 3 aromatic heterocycles. The first-order chi connectivity index (χ1) is 23.8. The zero-order valence-electron chi connectivity index (χ0n) is 33.5. The van der Waals surface area contributed by atoms with E-state index in [4.69, 9.17) is 7.96 Å². The fraction of sp³-hybridized carbons (Fsp3) is 0.674. The first-order valence-corrected chi connectivity index (χ1v) is 22.7. The van der Waals surface area contributed by atoms with Gasteiger partial charge in [-0.05, 0) is 11.8 Å². The van der Waals surface area contributed by atoms with Crippen LogP contribution in [0.1, 0.15) is 169 Å². The number of hydrogen-bond donors (Lipinski definition) is 0. The number of nitro benzene ring substituents is 1. The summed E-state index contributed by atoms with van der Waals surface area (Å²) in [5.41, 5.74) is 5.99. The van der Waals surface area contributed by atoms with Gasteiger partial charge < -0.3 is 0 Å². The quantitative estimate of drug-likeness (QED) is 0.0643. The van der Waals surface area contributed by atoms with E-state index in [1.54, 1.807) is 5.56 Å². The van der Waals surface area contributed by atoms with E-state index in [-0.39, 0.29) is 36.4 Å². The minimum absolute atomic E-state index is 0.0516. The molecule has 0 aliphatic heterocycles. The molecule has 0 saturated carbocycles. The first-order valence-electron chi connectivity index (χ1n) is 19.6. The molecule has 5 nitrogen and oxygen atoms in total. The van der Waals surface area contributed by atoms with Crippen LogP contribution in [0.3, 0.4) is 0 Å². The molecule has 0 saturated heterocycles. The molecule has 1 aromatic carbocycles. The second-order valence-electron chi connectivity index (χ2n) is 18.8. The Balaban J connectivity index is 1.65. The molecule has 0 bridgehead atoms. The Labute approximate surface area is 322 Å². The molecule has 2 atom stereocenters. The van der Waals surface area contributed by atoms with Gasteiger partial charge in [0, 0.05) is 0 Å². The van der Waals surface area contributed by atoms with Crippen LogP contribution in [0.25, 0.3) is 31.2 Å². The van der Waals surface area contributed by atoms with Gasteiger partial charge in [0.1, 0.15) is 0 Å². The standard InChI is InChI=1S/C43H63N3O2S2Se/c1-26(2)15-13-17-28(5)19-21-43(22-20-29(6)18-14-16-27(3)4)31-24-34(49-39(31)40-32(43)25-35(50-40)41(7,8)9)30-23-33(46(47)48)36(42(10,11)12)38-37(30)44-51-45-38/h23-29H,13-22H2,1-12H3. The topological polar surface area (TPSA) is 68.9 Å². The molecule has 0 amide bonds. The van der Waals surface area contributed by atoms with Gasteiger partial charge in [-0.3, -0.25) is 0 Å². The summed E-state index contributed by atoms with van der Waals surface area (Å²) >= 11 is 3.53. The molecule has 0 spiro atoms. The molecule has 1 aliphatic rings. The van der Waals surface area contributed by atoms with Gasteiger partial charge in [-0.15, -0.1) is 0 Å². The fourth-order valence-corrected chi connectivity index (χ4v) is 12.1. The molecule has 3 heterocycles. The average Bonchev–Trinajstić information content (AvgIpc) is 3.80. The summed E-state index contributed by atoms with van der Waals surface area (Å²) in [4.78, 5) is 17.8. The Kier molecular flexibility index (Phi) is 12.5. The van der Waals surface area contributed by atoms with Crippen LogP contribution in [0.5, 0.6) is 0 Å². The molecule has 2 unspecified atom stereocenters. The van der Waals surface area contributed by atoms with Crippen LogP contribution in [0.15, 0.2) is 18.2 Å². The van der Waals surface area contributed by atoms with E-state index >= 15 is 0 Å². The molecule has 51 heavy (non-hydrogen) atoms. The van der Waals surface area contributed by atoms with E-state index < -0.39 is 5.41 Å². The summed E-state index contributed by atoms with van der Waals surface area (Å²) in [6.07, 6.45) is 12.5. The van der Waals surface area contributed by atoms with Gasteiger partial charge in [0.15, 0.2) is 0 Å². The molecule has 4 aromatic rings. The average molecular weight is 797 g/mol. The molecule has 0 fully saturated rings. The van der Waals surface area contributed by atoms with Crippen molar-refractivity contribution in [2.45, 2.75) is 164 Å². The van der Waals surface area contributed by atoms with E-state index in [0.717, 1.165) is 46.2 Å². The summed E-state index contributed by atoms with van der Waals surface area (Å²) < 4.78 is 9.75. The van der Waals surface area contributed by atoms with Crippen LogP contribution in [0, 0.1) is 33.8 Å². The van der Waals surface area contributed by atoms with Crippen LogP contribution in [-0.4, -0.2) is 27.8 Å². The Morgan fingerprint density at radius 2 is 1.25 bits per heavy atom. The number of benzene rings is 1. The van der Waals surface area contributed by atoms with Crippen molar-refractivity contribution in [3.8, 4) is 20.2 Å². The number of nitrogens with zero attached hydrogens (tertiary/aromatic N) is 3. The number of nitro groups is 1. The SMILES string of the molecule is CC(C)CCCC(C)CCC1(CCC(C)CCCC(C)C)c2cc(-c3cc([N+](=O)[O-])c(C(C)(C)C)c4n[se]nc34)sc2-c2sc(C(C)(C)C)cc21. The van der Waals surface area contributed by atoms with Crippen molar-refractivity contribution in [3.63, 3.8) is 0 Å². The zero-order chi connectivity index (χ0) is 37.5. The molecule has 1 aliphatic carbocycles. The maximum atomic E-state index is 12.6. The first kappa shape index (κ1) is 40.3. The molecule has 5 rings (SSSR count). The third-order valence-corrected chi connectivity index (χ3v) is 15.3. The zero-order valence-corrected chi connectivity index (χ0v) is 36.8. The van der Waals surface area contributed by atoms with Crippen molar-refractivity contribution in [2.24, 2.45) is 23.7 Å². The third-order valence-electron chi connectivity index (χ3n) is 11.3. The Morgan fingerprint density at radius 3 is 1.76 bits per heavy atom. The Hall–Kier alpha value is -1.86. The van der Waals surface area contributed by atoms with Crippen LogP contribution in [0.2, 0.25) is 0 Å². The van der Waals surface area contributed by atoms with E-state index in [1.807, 2.05) is 49.5 Å². The number of rotatable bonds is 16. The van der Waals surface area contributed by atoms with Crippen LogP contribution in [-0.2, 0) is 16.2 Å². The predicted molar refractivity (Wildman–Crippen MR) is 222 cm³/mol. The number of fused-ring (bicyclic) bond motifs is 4. The Bertz CT molecular complexity index is 1790. The molecule has 280 valence electrons. The van der Waals surface area contributed by atoms with Crippen molar-refractivity contribution in [2.75, 3.05) is 0 Å². The summed E-state index contributed by atoms with van der Waals surface area (Å²) in [5.74, 6) is 2.85.